The van der Waals surface area contributed by atoms with E-state index in [-0.39, 0.29) is 19.6 Å². The Balaban J connectivity index is 6.02. The van der Waals surface area contributed by atoms with Crippen molar-refractivity contribution in [3.05, 3.63) is 0 Å². The van der Waals surface area contributed by atoms with Gasteiger partial charge in [-0.25, -0.2) is 0 Å². The molecule has 0 amide bonds. The van der Waals surface area contributed by atoms with Crippen molar-refractivity contribution in [1.82, 2.24) is 5.32 Å². The summed E-state index contributed by atoms with van der Waals surface area (Å²) in [5.41, 5.74) is 2.43. The lowest BCUT2D eigenvalue weighted by Gasteiger charge is -2.23. The summed E-state index contributed by atoms with van der Waals surface area (Å²) in [6.07, 6.45) is 2.61. The molecule has 11 nitrogen and oxygen atoms in total. The molecule has 1 N–H and O–H groups in total. The summed E-state index contributed by atoms with van der Waals surface area (Å²) in [4.78, 5) is 24.5. The van der Waals surface area contributed by atoms with E-state index in [1.165, 1.54) is 0 Å². The molecular weight excluding hydrogens is 544 g/mol. The average molecular weight is 601 g/mol. The van der Waals surface area contributed by atoms with Crippen molar-refractivity contribution in [3.63, 3.8) is 0 Å². The maximum atomic E-state index is 12.5. The fourth-order valence-electron chi connectivity index (χ4n) is 3.96. The zero-order valence-corrected chi connectivity index (χ0v) is 28.4. The second-order valence-corrected chi connectivity index (χ2v) is 14.0. The van der Waals surface area contributed by atoms with Gasteiger partial charge in [0.1, 0.15) is 6.04 Å². The minimum atomic E-state index is -3.61. The number of esters is 2. The van der Waals surface area contributed by atoms with Crippen molar-refractivity contribution >= 4 is 37.9 Å². The van der Waals surface area contributed by atoms with Crippen molar-refractivity contribution < 1.29 is 32.6 Å². The molecule has 1 unspecified atom stereocenters. The summed E-state index contributed by atoms with van der Waals surface area (Å²) in [5.74, 6) is 0.227. The Labute approximate surface area is 249 Å². The number of hydrogen-bond acceptors (Lipinski definition) is 11. The maximum absolute atomic E-state index is 12.5. The van der Waals surface area contributed by atoms with E-state index >= 15 is 0 Å². The summed E-state index contributed by atoms with van der Waals surface area (Å²) >= 11 is 0. The Bertz CT molecular complexity index is 791. The highest BCUT2D eigenvalue weighted by molar-refractivity contribution is 6.60. The Hall–Kier alpha value is -2.47. The van der Waals surface area contributed by atoms with Gasteiger partial charge in [0.15, 0.2) is 0 Å². The highest BCUT2D eigenvalue weighted by Crippen LogP contribution is 2.22. The monoisotopic (exact) mass is 600 g/mol. The number of ether oxygens (including phenoxy) is 2. The first kappa shape index (κ1) is 38.5. The molecule has 0 radical (unpaired) electrons. The van der Waals surface area contributed by atoms with Crippen molar-refractivity contribution in [2.45, 2.75) is 120 Å². The quantitative estimate of drug-likeness (QED) is 0.0518. The summed E-state index contributed by atoms with van der Waals surface area (Å²) in [5, 5.41) is 16.2. The fraction of sp³-hybridized carbons (Fsp3) is 0.828. The van der Waals surface area contributed by atoms with E-state index in [0.29, 0.717) is 36.8 Å². The first-order valence-corrected chi connectivity index (χ1v) is 16.9. The van der Waals surface area contributed by atoms with Crippen LogP contribution in [-0.4, -0.2) is 63.7 Å². The van der Waals surface area contributed by atoms with Crippen LogP contribution in [0.5, 0.6) is 0 Å². The van der Waals surface area contributed by atoms with Crippen LogP contribution in [0.15, 0.2) is 15.5 Å². The zero-order chi connectivity index (χ0) is 31.4. The largest absolute Gasteiger partial charge is 0.762 e. The van der Waals surface area contributed by atoms with E-state index in [1.54, 1.807) is 13.8 Å². The van der Waals surface area contributed by atoms with Crippen LogP contribution in [0.2, 0.25) is 6.04 Å². The van der Waals surface area contributed by atoms with Gasteiger partial charge in [-0.3, -0.25) is 9.59 Å². The number of oxime groups is 3. The molecular formula is C29H56N4O7Si. The third-order valence-corrected chi connectivity index (χ3v) is 7.50. The van der Waals surface area contributed by atoms with Gasteiger partial charge in [0, 0.05) is 0 Å². The lowest BCUT2D eigenvalue weighted by atomic mass is 10.1. The van der Waals surface area contributed by atoms with E-state index in [9.17, 15) is 9.59 Å². The number of rotatable bonds is 22. The van der Waals surface area contributed by atoms with Gasteiger partial charge < -0.3 is 28.4 Å². The van der Waals surface area contributed by atoms with Gasteiger partial charge in [-0.05, 0) is 84.6 Å². The minimum Gasteiger partial charge on any atom is -0.466 e. The van der Waals surface area contributed by atoms with Gasteiger partial charge in [-0.2, -0.15) is 0 Å². The van der Waals surface area contributed by atoms with E-state index in [1.807, 2.05) is 20.8 Å². The van der Waals surface area contributed by atoms with Crippen LogP contribution in [0.1, 0.15) is 108 Å². The summed E-state index contributed by atoms with van der Waals surface area (Å²) in [6, 6.07) is -0.527. The third kappa shape index (κ3) is 19.3. The van der Waals surface area contributed by atoms with Gasteiger partial charge in [-0.1, -0.05) is 41.5 Å². The Morgan fingerprint density at radius 2 is 1.10 bits per heavy atom. The van der Waals surface area contributed by atoms with Crippen molar-refractivity contribution in [2.75, 3.05) is 19.8 Å². The molecule has 12 heteroatoms. The molecule has 0 aromatic rings. The van der Waals surface area contributed by atoms with Crippen molar-refractivity contribution in [1.29, 1.82) is 0 Å². The zero-order valence-electron chi connectivity index (χ0n) is 27.4. The molecule has 0 heterocycles. The molecule has 238 valence electrons. The van der Waals surface area contributed by atoms with Crippen LogP contribution in [-0.2, 0) is 32.6 Å². The molecule has 0 fully saturated rings. The predicted molar refractivity (Wildman–Crippen MR) is 166 cm³/mol. The lowest BCUT2D eigenvalue weighted by Crippen LogP contribution is -2.44. The van der Waals surface area contributed by atoms with Crippen LogP contribution < -0.4 is 5.32 Å². The van der Waals surface area contributed by atoms with Gasteiger partial charge in [0.25, 0.3) is 0 Å². The van der Waals surface area contributed by atoms with Crippen LogP contribution in [0.25, 0.3) is 0 Å². The molecule has 1 atom stereocenters. The van der Waals surface area contributed by atoms with Crippen LogP contribution in [0, 0.1) is 17.8 Å². The maximum Gasteiger partial charge on any atom is 0.762 e. The number of nitrogens with one attached hydrogen (secondary N) is 1. The molecule has 0 bridgehead atoms. The number of carbonyl (C=O) groups excluding carboxylic acids is 2. The highest BCUT2D eigenvalue weighted by Gasteiger charge is 2.51. The minimum absolute atomic E-state index is 0.130. The smallest absolute Gasteiger partial charge is 0.466 e. The Morgan fingerprint density at radius 1 is 0.683 bits per heavy atom. The normalized spacial score (nSPS) is 14.0. The third-order valence-electron chi connectivity index (χ3n) is 5.43. The van der Waals surface area contributed by atoms with E-state index in [4.69, 9.17) is 23.1 Å². The lowest BCUT2D eigenvalue weighted by molar-refractivity contribution is -0.152. The molecule has 0 aliphatic heterocycles. The molecule has 0 rings (SSSR count). The number of nitrogens with zero attached hydrogens (tertiary/aromatic N) is 3. The molecule has 0 aliphatic carbocycles. The van der Waals surface area contributed by atoms with Gasteiger partial charge in [0.05, 0.1) is 42.8 Å². The summed E-state index contributed by atoms with van der Waals surface area (Å²) in [6.45, 7) is 22.6. The molecule has 0 aromatic carbocycles. The molecule has 0 saturated heterocycles. The van der Waals surface area contributed by atoms with Crippen LogP contribution in [0.4, 0.5) is 0 Å². The fourth-order valence-corrected chi connectivity index (χ4v) is 5.83. The van der Waals surface area contributed by atoms with Crippen molar-refractivity contribution in [2.24, 2.45) is 33.2 Å². The first-order chi connectivity index (χ1) is 19.2. The molecule has 41 heavy (non-hydrogen) atoms. The Kier molecular flexibility index (Phi) is 20.0. The van der Waals surface area contributed by atoms with Gasteiger partial charge in [0.2, 0.25) is 0 Å². The predicted octanol–water partition coefficient (Wildman–Crippen LogP) is 6.11. The summed E-state index contributed by atoms with van der Waals surface area (Å²) in [7, 11) is -3.61. The van der Waals surface area contributed by atoms with Crippen LogP contribution >= 0.6 is 0 Å². The van der Waals surface area contributed by atoms with E-state index in [0.717, 1.165) is 36.4 Å². The van der Waals surface area contributed by atoms with Gasteiger partial charge >= 0.3 is 20.7 Å². The molecule has 0 aliphatic rings. The Morgan fingerprint density at radius 3 is 1.46 bits per heavy atom. The molecule has 0 spiro atoms. The van der Waals surface area contributed by atoms with Crippen LogP contribution in [0.3, 0.4) is 0 Å². The van der Waals surface area contributed by atoms with Gasteiger partial charge in [-0.15, -0.1) is 15.5 Å². The molecule has 0 saturated carbocycles. The first-order valence-electron chi connectivity index (χ1n) is 14.9. The SMILES string of the molecule is CCOC(=O)CC(NCCC[Si](O/N=C(/C)CC(C)C)(O/N=C(/C)CC(C)C)O/N=C(/C)CC(C)C)C(=O)OCC. The summed E-state index contributed by atoms with van der Waals surface area (Å²) < 4.78 is 28.4. The highest BCUT2D eigenvalue weighted by atomic mass is 28.4. The van der Waals surface area contributed by atoms with Crippen molar-refractivity contribution in [3.8, 4) is 0 Å². The second kappa shape index (κ2) is 21.3. The standard InChI is InChI=1S/C29H56N4O7Si/c1-12-36-28(34)20-27(29(35)37-13-2)30-15-14-16-41(38-31-24(9)17-21(3)4,39-32-25(10)18-22(5)6)40-33-26(11)19-23(7)8/h21-23,27,30H,12-20H2,1-11H3/b31-24-,32-25-,33-26-. The average Bonchev–Trinajstić information content (AvgIpc) is 2.85. The number of hydrogen-bond donors (Lipinski definition) is 1. The topological polar surface area (TPSA) is 129 Å². The second-order valence-electron chi connectivity index (χ2n) is 11.6. The number of carbonyl (C=O) groups is 2. The molecule has 0 aromatic heterocycles. The van der Waals surface area contributed by atoms with E-state index < -0.39 is 26.8 Å². The van der Waals surface area contributed by atoms with E-state index in [2.05, 4.69) is 62.3 Å².